The minimum Gasteiger partial charge on any atom is -0.488 e. The van der Waals surface area contributed by atoms with Crippen LogP contribution in [-0.4, -0.2) is 4.98 Å². The van der Waals surface area contributed by atoms with Gasteiger partial charge in [-0.25, -0.2) is 4.98 Å². The molecular weight excluding hydrogens is 349 g/mol. The Labute approximate surface area is 119 Å². The van der Waals surface area contributed by atoms with E-state index in [0.29, 0.717) is 11.8 Å². The molecule has 1 aromatic heterocycles. The molecule has 2 aromatic rings. The van der Waals surface area contributed by atoms with Crippen LogP contribution in [0.5, 0.6) is 5.75 Å². The summed E-state index contributed by atoms with van der Waals surface area (Å²) in [6.45, 7) is 2.46. The van der Waals surface area contributed by atoms with Crippen LogP contribution in [0.15, 0.2) is 36.4 Å². The highest BCUT2D eigenvalue weighted by atomic mass is 127. The van der Waals surface area contributed by atoms with E-state index in [1.165, 1.54) is 0 Å². The van der Waals surface area contributed by atoms with Crippen molar-refractivity contribution in [3.63, 3.8) is 0 Å². The fraction of sp³-hybridized carbons (Fsp3) is 0.154. The van der Waals surface area contributed by atoms with Crippen LogP contribution in [0.1, 0.15) is 11.3 Å². The van der Waals surface area contributed by atoms with Crippen molar-refractivity contribution in [1.82, 2.24) is 4.98 Å². The summed E-state index contributed by atoms with van der Waals surface area (Å²) in [5.41, 5.74) is 2.02. The van der Waals surface area contributed by atoms with Crippen molar-refractivity contribution in [3.8, 4) is 5.75 Å². The second kappa shape index (κ2) is 5.69. The molecule has 1 aromatic carbocycles. The summed E-state index contributed by atoms with van der Waals surface area (Å²) in [6, 6.07) is 11.8. The molecule has 17 heavy (non-hydrogen) atoms. The number of nitrogens with zero attached hydrogens (tertiary/aromatic N) is 1. The van der Waals surface area contributed by atoms with Crippen LogP contribution < -0.4 is 4.74 Å². The topological polar surface area (TPSA) is 22.1 Å². The standard InChI is InChI=1S/C13H11ClINO/c1-9-13(15)11(7-12(14)16-9)17-8-10-5-3-2-4-6-10/h2-7H,8H2,1H3. The normalized spacial score (nSPS) is 10.3. The first-order chi connectivity index (χ1) is 8.16. The van der Waals surface area contributed by atoms with Crippen molar-refractivity contribution < 1.29 is 4.74 Å². The lowest BCUT2D eigenvalue weighted by Gasteiger charge is -2.10. The van der Waals surface area contributed by atoms with Gasteiger partial charge in [-0.1, -0.05) is 41.9 Å². The number of benzene rings is 1. The molecule has 0 fully saturated rings. The van der Waals surface area contributed by atoms with E-state index in [2.05, 4.69) is 27.6 Å². The molecule has 0 radical (unpaired) electrons. The van der Waals surface area contributed by atoms with E-state index in [1.54, 1.807) is 6.07 Å². The van der Waals surface area contributed by atoms with Gasteiger partial charge in [-0.05, 0) is 35.1 Å². The molecule has 1 heterocycles. The van der Waals surface area contributed by atoms with Crippen LogP contribution in [0, 0.1) is 10.5 Å². The van der Waals surface area contributed by atoms with Crippen LogP contribution >= 0.6 is 34.2 Å². The van der Waals surface area contributed by atoms with Crippen molar-refractivity contribution in [2.24, 2.45) is 0 Å². The van der Waals surface area contributed by atoms with Crippen LogP contribution in [0.25, 0.3) is 0 Å². The van der Waals surface area contributed by atoms with Crippen molar-refractivity contribution >= 4 is 34.2 Å². The first-order valence-corrected chi connectivity index (χ1v) is 6.62. The third-order valence-corrected chi connectivity index (χ3v) is 3.80. The fourth-order valence-electron chi connectivity index (χ4n) is 1.43. The van der Waals surface area contributed by atoms with E-state index in [1.807, 2.05) is 37.3 Å². The number of aromatic nitrogens is 1. The predicted molar refractivity (Wildman–Crippen MR) is 77.5 cm³/mol. The van der Waals surface area contributed by atoms with Gasteiger partial charge in [-0.15, -0.1) is 0 Å². The molecule has 4 heteroatoms. The third-order valence-electron chi connectivity index (χ3n) is 2.30. The van der Waals surface area contributed by atoms with Crippen LogP contribution in [0.2, 0.25) is 5.15 Å². The number of hydrogen-bond donors (Lipinski definition) is 0. The second-order valence-corrected chi connectivity index (χ2v) is 5.08. The molecule has 2 rings (SSSR count). The summed E-state index contributed by atoms with van der Waals surface area (Å²) < 4.78 is 6.76. The molecule has 0 spiro atoms. The SMILES string of the molecule is Cc1nc(Cl)cc(OCc2ccccc2)c1I. The first kappa shape index (κ1) is 12.6. The van der Waals surface area contributed by atoms with Gasteiger partial charge >= 0.3 is 0 Å². The molecule has 0 N–H and O–H groups in total. The van der Waals surface area contributed by atoms with Crippen molar-refractivity contribution in [2.75, 3.05) is 0 Å². The number of hydrogen-bond acceptors (Lipinski definition) is 2. The maximum Gasteiger partial charge on any atom is 0.138 e. The van der Waals surface area contributed by atoms with Crippen LogP contribution in [-0.2, 0) is 6.61 Å². The monoisotopic (exact) mass is 359 g/mol. The maximum absolute atomic E-state index is 5.91. The van der Waals surface area contributed by atoms with Crippen molar-refractivity contribution in [2.45, 2.75) is 13.5 Å². The smallest absolute Gasteiger partial charge is 0.138 e. The zero-order chi connectivity index (χ0) is 12.3. The largest absolute Gasteiger partial charge is 0.488 e. The Balaban J connectivity index is 2.14. The number of pyridine rings is 1. The zero-order valence-corrected chi connectivity index (χ0v) is 12.2. The first-order valence-electron chi connectivity index (χ1n) is 5.16. The zero-order valence-electron chi connectivity index (χ0n) is 9.28. The predicted octanol–water partition coefficient (Wildman–Crippen LogP) is 4.23. The lowest BCUT2D eigenvalue weighted by molar-refractivity contribution is 0.303. The Bertz CT molecular complexity index is 516. The summed E-state index contributed by atoms with van der Waals surface area (Å²) in [5, 5.41) is 0.464. The number of ether oxygens (including phenoxy) is 1. The van der Waals surface area contributed by atoms with Gasteiger partial charge in [0.05, 0.1) is 9.26 Å². The van der Waals surface area contributed by atoms with E-state index >= 15 is 0 Å². The molecule has 0 amide bonds. The van der Waals surface area contributed by atoms with Gasteiger partial charge in [0.15, 0.2) is 0 Å². The lowest BCUT2D eigenvalue weighted by Crippen LogP contribution is -1.99. The van der Waals surface area contributed by atoms with E-state index in [-0.39, 0.29) is 0 Å². The Morgan fingerprint density at radius 3 is 2.71 bits per heavy atom. The number of rotatable bonds is 3. The van der Waals surface area contributed by atoms with Gasteiger partial charge in [0.2, 0.25) is 0 Å². The average molecular weight is 360 g/mol. The van der Waals surface area contributed by atoms with Crippen LogP contribution in [0.4, 0.5) is 0 Å². The maximum atomic E-state index is 5.91. The lowest BCUT2D eigenvalue weighted by atomic mass is 10.2. The summed E-state index contributed by atoms with van der Waals surface area (Å²) in [5.74, 6) is 0.784. The molecule has 0 saturated carbocycles. The average Bonchev–Trinajstić information content (AvgIpc) is 2.33. The Hall–Kier alpha value is -0.810. The summed E-state index contributed by atoms with van der Waals surface area (Å²) in [6.07, 6.45) is 0. The molecule has 2 nitrogen and oxygen atoms in total. The Morgan fingerprint density at radius 1 is 1.29 bits per heavy atom. The number of halogens is 2. The van der Waals surface area contributed by atoms with E-state index in [9.17, 15) is 0 Å². The van der Waals surface area contributed by atoms with Gasteiger partial charge in [-0.2, -0.15) is 0 Å². The fourth-order valence-corrected chi connectivity index (χ4v) is 2.09. The Morgan fingerprint density at radius 2 is 2.00 bits per heavy atom. The molecule has 0 atom stereocenters. The molecule has 0 unspecified atom stereocenters. The van der Waals surface area contributed by atoms with Gasteiger partial charge in [0.1, 0.15) is 17.5 Å². The minimum absolute atomic E-state index is 0.464. The quantitative estimate of drug-likeness (QED) is 0.604. The molecule has 0 aliphatic heterocycles. The molecule has 0 saturated heterocycles. The highest BCUT2D eigenvalue weighted by Crippen LogP contribution is 2.26. The second-order valence-electron chi connectivity index (χ2n) is 3.62. The third kappa shape index (κ3) is 3.33. The molecule has 0 aliphatic carbocycles. The summed E-state index contributed by atoms with van der Waals surface area (Å²) >= 11 is 8.13. The molecule has 0 bridgehead atoms. The molecular formula is C13H11ClINO. The number of aryl methyl sites for hydroxylation is 1. The molecule has 88 valence electrons. The summed E-state index contributed by atoms with van der Waals surface area (Å²) in [7, 11) is 0. The van der Waals surface area contributed by atoms with E-state index in [0.717, 1.165) is 20.6 Å². The summed E-state index contributed by atoms with van der Waals surface area (Å²) in [4.78, 5) is 4.17. The van der Waals surface area contributed by atoms with Gasteiger partial charge in [-0.3, -0.25) is 0 Å². The highest BCUT2D eigenvalue weighted by molar-refractivity contribution is 14.1. The van der Waals surface area contributed by atoms with Gasteiger partial charge < -0.3 is 4.74 Å². The van der Waals surface area contributed by atoms with Crippen LogP contribution in [0.3, 0.4) is 0 Å². The van der Waals surface area contributed by atoms with Gasteiger partial charge in [0, 0.05) is 6.07 Å². The highest BCUT2D eigenvalue weighted by Gasteiger charge is 2.07. The van der Waals surface area contributed by atoms with Gasteiger partial charge in [0.25, 0.3) is 0 Å². The van der Waals surface area contributed by atoms with E-state index < -0.39 is 0 Å². The minimum atomic E-state index is 0.464. The molecule has 0 aliphatic rings. The van der Waals surface area contributed by atoms with Crippen molar-refractivity contribution in [3.05, 3.63) is 56.4 Å². The van der Waals surface area contributed by atoms with Crippen molar-refractivity contribution in [1.29, 1.82) is 0 Å². The van der Waals surface area contributed by atoms with E-state index in [4.69, 9.17) is 16.3 Å². The Kier molecular flexibility index (Phi) is 4.23.